The van der Waals surface area contributed by atoms with Crippen LogP contribution in [0.3, 0.4) is 0 Å². The molecule has 0 amide bonds. The Labute approximate surface area is 107 Å². The minimum Gasteiger partial charge on any atom is -0.528 e. The summed E-state index contributed by atoms with van der Waals surface area (Å²) in [6.07, 6.45) is 2.07. The summed E-state index contributed by atoms with van der Waals surface area (Å²) < 4.78 is 5.06. The molecule has 1 rings (SSSR count). The lowest BCUT2D eigenvalue weighted by molar-refractivity contribution is -0.145. The number of hydrogen-bond donors (Lipinski definition) is 0. The van der Waals surface area contributed by atoms with E-state index >= 15 is 0 Å². The highest BCUT2D eigenvalue weighted by Crippen LogP contribution is 2.39. The Morgan fingerprint density at radius 1 is 1.35 bits per heavy atom. The van der Waals surface area contributed by atoms with E-state index in [0.29, 0.717) is 10.5 Å². The van der Waals surface area contributed by atoms with Crippen molar-refractivity contribution < 1.29 is 9.22 Å². The van der Waals surface area contributed by atoms with Crippen molar-refractivity contribution in [2.45, 2.75) is 39.5 Å². The maximum atomic E-state index is 11.9. The second kappa shape index (κ2) is 6.01. The Hall–Kier alpha value is -1.09. The highest BCUT2D eigenvalue weighted by Gasteiger charge is 2.37. The van der Waals surface area contributed by atoms with Gasteiger partial charge in [-0.25, -0.2) is 0 Å². The average Bonchev–Trinajstić information content (AvgIpc) is 2.35. The molecule has 1 aromatic carbocycles. The minimum atomic E-state index is -0.445. The molecule has 0 aromatic heterocycles. The molecule has 0 aliphatic heterocycles. The highest BCUT2D eigenvalue weighted by molar-refractivity contribution is 6.06. The summed E-state index contributed by atoms with van der Waals surface area (Å²) in [6.45, 7) is 6.12. The zero-order valence-electron chi connectivity index (χ0n) is 11.2. The number of benzene rings is 1. The zero-order chi connectivity index (χ0) is 12.9. The first-order chi connectivity index (χ1) is 8.04. The normalized spacial score (nSPS) is 13.4. The maximum absolute atomic E-state index is 11.9. The van der Waals surface area contributed by atoms with Crippen LogP contribution in [0.2, 0.25) is 0 Å². The summed E-state index contributed by atoms with van der Waals surface area (Å²) >= 11 is 0. The summed E-state index contributed by atoms with van der Waals surface area (Å²) in [4.78, 5) is 11.9. The van der Waals surface area contributed by atoms with Crippen LogP contribution in [-0.2, 0) is 9.22 Å². The summed E-state index contributed by atoms with van der Waals surface area (Å²) in [5.74, 6) is 0.154. The molecule has 0 aliphatic rings. The van der Waals surface area contributed by atoms with Gasteiger partial charge >= 0.3 is 0 Å². The van der Waals surface area contributed by atoms with E-state index in [2.05, 4.69) is 19.1 Å². The van der Waals surface area contributed by atoms with Crippen molar-refractivity contribution in [2.75, 3.05) is 0 Å². The van der Waals surface area contributed by atoms with E-state index in [4.69, 9.17) is 4.43 Å². The minimum absolute atomic E-state index is 0.0773. The molecule has 0 saturated heterocycles. The predicted molar refractivity (Wildman–Crippen MR) is 73.9 cm³/mol. The summed E-state index contributed by atoms with van der Waals surface area (Å²) in [6, 6.07) is 10.3. The van der Waals surface area contributed by atoms with E-state index in [-0.39, 0.29) is 11.9 Å². The number of carbonyl (C=O) groups excluding carboxylic acids is 1. The third kappa shape index (κ3) is 3.19. The fourth-order valence-corrected chi connectivity index (χ4v) is 2.85. The van der Waals surface area contributed by atoms with Gasteiger partial charge in [-0.3, -0.25) is 4.79 Å². The van der Waals surface area contributed by atoms with Crippen LogP contribution in [-0.4, -0.2) is 16.5 Å². The van der Waals surface area contributed by atoms with Crippen LogP contribution < -0.4 is 0 Å². The van der Waals surface area contributed by atoms with Gasteiger partial charge in [-0.15, -0.1) is 0 Å². The van der Waals surface area contributed by atoms with Gasteiger partial charge in [0.15, 0.2) is 0 Å². The van der Waals surface area contributed by atoms with E-state index < -0.39 is 5.41 Å². The third-order valence-corrected chi connectivity index (χ3v) is 3.73. The molecule has 17 heavy (non-hydrogen) atoms. The molecule has 2 nitrogen and oxygen atoms in total. The molecule has 0 radical (unpaired) electrons. The van der Waals surface area contributed by atoms with Gasteiger partial charge in [0.05, 0.1) is 5.41 Å². The van der Waals surface area contributed by atoms with Crippen LogP contribution in [0.1, 0.15) is 45.1 Å². The Morgan fingerprint density at radius 3 is 2.41 bits per heavy atom. The second-order valence-corrected chi connectivity index (χ2v) is 5.37. The van der Waals surface area contributed by atoms with Crippen LogP contribution in [0, 0.1) is 5.41 Å². The number of hydrogen-bond acceptors (Lipinski definition) is 2. The van der Waals surface area contributed by atoms with Crippen LogP contribution >= 0.6 is 0 Å². The van der Waals surface area contributed by atoms with Crippen molar-refractivity contribution in [1.82, 2.24) is 0 Å². The molecular weight excluding hydrogens is 228 g/mol. The standard InChI is InChI=1S/C14H22O2Si/c1-4-8-12(11-9-6-5-7-10-11)14(2,3)13(15)16-17/h5-7,9-10,12H,4,8H2,1-3,17H3. The largest absolute Gasteiger partial charge is 0.528 e. The monoisotopic (exact) mass is 250 g/mol. The summed E-state index contributed by atoms with van der Waals surface area (Å²) in [5.41, 5.74) is 0.783. The molecule has 0 heterocycles. The zero-order valence-corrected chi connectivity index (χ0v) is 13.2. The predicted octanol–water partition coefficient (Wildman–Crippen LogP) is 2.42. The van der Waals surface area contributed by atoms with Crippen molar-refractivity contribution in [3.63, 3.8) is 0 Å². The van der Waals surface area contributed by atoms with Gasteiger partial charge in [0.25, 0.3) is 5.97 Å². The van der Waals surface area contributed by atoms with Gasteiger partial charge in [-0.1, -0.05) is 43.7 Å². The molecule has 0 saturated carbocycles. The lowest BCUT2D eigenvalue weighted by atomic mass is 9.73. The first-order valence-corrected chi connectivity index (χ1v) is 6.99. The van der Waals surface area contributed by atoms with E-state index in [0.717, 1.165) is 12.8 Å². The Bertz CT molecular complexity index is 360. The molecule has 0 N–H and O–H groups in total. The Balaban J connectivity index is 3.05. The summed E-state index contributed by atoms with van der Waals surface area (Å²) in [5, 5.41) is 0. The van der Waals surface area contributed by atoms with Gasteiger partial charge in [0, 0.05) is 0 Å². The smallest absolute Gasteiger partial charge is 0.298 e. The molecule has 1 unspecified atom stereocenters. The van der Waals surface area contributed by atoms with Gasteiger partial charge in [0.1, 0.15) is 0 Å². The van der Waals surface area contributed by atoms with E-state index in [9.17, 15) is 4.79 Å². The molecule has 1 aromatic rings. The first-order valence-electron chi connectivity index (χ1n) is 6.17. The average molecular weight is 250 g/mol. The van der Waals surface area contributed by atoms with E-state index in [1.165, 1.54) is 5.56 Å². The Morgan fingerprint density at radius 2 is 1.94 bits per heavy atom. The maximum Gasteiger partial charge on any atom is 0.298 e. The van der Waals surface area contributed by atoms with Gasteiger partial charge in [0.2, 0.25) is 10.5 Å². The first kappa shape index (κ1) is 14.0. The fourth-order valence-electron chi connectivity index (χ4n) is 2.32. The van der Waals surface area contributed by atoms with E-state index in [1.807, 2.05) is 32.0 Å². The van der Waals surface area contributed by atoms with E-state index in [1.54, 1.807) is 0 Å². The number of carbonyl (C=O) groups is 1. The molecule has 94 valence electrons. The van der Waals surface area contributed by atoms with Gasteiger partial charge in [-0.2, -0.15) is 0 Å². The van der Waals surface area contributed by atoms with Crippen molar-refractivity contribution in [1.29, 1.82) is 0 Å². The van der Waals surface area contributed by atoms with Crippen LogP contribution in [0.5, 0.6) is 0 Å². The lowest BCUT2D eigenvalue weighted by Gasteiger charge is -2.32. The highest BCUT2D eigenvalue weighted by atomic mass is 28.2. The molecule has 1 atom stereocenters. The van der Waals surface area contributed by atoms with Crippen molar-refractivity contribution >= 4 is 16.5 Å². The molecule has 0 fully saturated rings. The van der Waals surface area contributed by atoms with Crippen molar-refractivity contribution in [3.05, 3.63) is 35.9 Å². The fraction of sp³-hybridized carbons (Fsp3) is 0.500. The quantitative estimate of drug-likeness (QED) is 0.750. The van der Waals surface area contributed by atoms with Crippen LogP contribution in [0.4, 0.5) is 0 Å². The lowest BCUT2D eigenvalue weighted by Crippen LogP contribution is -2.33. The summed E-state index contributed by atoms with van der Waals surface area (Å²) in [7, 11) is 0.466. The van der Waals surface area contributed by atoms with Crippen molar-refractivity contribution in [3.8, 4) is 0 Å². The van der Waals surface area contributed by atoms with Gasteiger partial charge in [-0.05, 0) is 31.7 Å². The van der Waals surface area contributed by atoms with Gasteiger partial charge < -0.3 is 4.43 Å². The third-order valence-electron chi connectivity index (χ3n) is 3.36. The molecule has 0 aliphatic carbocycles. The molecule has 0 bridgehead atoms. The number of rotatable bonds is 5. The molecule has 3 heteroatoms. The van der Waals surface area contributed by atoms with Crippen LogP contribution in [0.25, 0.3) is 0 Å². The Kier molecular flexibility index (Phi) is 4.94. The van der Waals surface area contributed by atoms with Crippen LogP contribution in [0.15, 0.2) is 30.3 Å². The molecular formula is C14H22O2Si. The van der Waals surface area contributed by atoms with Crippen molar-refractivity contribution in [2.24, 2.45) is 5.41 Å². The molecule has 0 spiro atoms. The SMILES string of the molecule is CCCC(c1ccccc1)C(C)(C)C(=O)O[SiH3]. The second-order valence-electron chi connectivity index (χ2n) is 4.97. The topological polar surface area (TPSA) is 26.3 Å².